The van der Waals surface area contributed by atoms with Gasteiger partial charge in [0.1, 0.15) is 5.75 Å². The SMILES string of the molecule is CC(Br)CCN(C)C(=O)c1ccc(Br)cc1O. The summed E-state index contributed by atoms with van der Waals surface area (Å²) in [6.45, 7) is 2.69. The molecular formula is C12H15Br2NO2. The molecule has 1 N–H and O–H groups in total. The Hall–Kier alpha value is -0.550. The zero-order valence-corrected chi connectivity index (χ0v) is 13.0. The molecule has 0 radical (unpaired) electrons. The lowest BCUT2D eigenvalue weighted by Gasteiger charge is -2.18. The van der Waals surface area contributed by atoms with E-state index < -0.39 is 0 Å². The van der Waals surface area contributed by atoms with E-state index in [1.54, 1.807) is 24.1 Å². The van der Waals surface area contributed by atoms with Crippen molar-refractivity contribution in [1.29, 1.82) is 0 Å². The average Bonchev–Trinajstić information content (AvgIpc) is 2.25. The first-order valence-corrected chi connectivity index (χ1v) is 7.00. The summed E-state index contributed by atoms with van der Waals surface area (Å²) in [6, 6.07) is 4.89. The largest absolute Gasteiger partial charge is 0.507 e. The number of carbonyl (C=O) groups excluding carboxylic acids is 1. The summed E-state index contributed by atoms with van der Waals surface area (Å²) < 4.78 is 0.753. The fourth-order valence-corrected chi connectivity index (χ4v) is 1.92. The Balaban J connectivity index is 2.75. The minimum absolute atomic E-state index is 0.00288. The topological polar surface area (TPSA) is 40.5 Å². The maximum atomic E-state index is 12.0. The number of amides is 1. The van der Waals surface area contributed by atoms with Gasteiger partial charge in [0.05, 0.1) is 5.56 Å². The van der Waals surface area contributed by atoms with Crippen LogP contribution in [0, 0.1) is 0 Å². The molecule has 0 bridgehead atoms. The van der Waals surface area contributed by atoms with Gasteiger partial charge in [-0.05, 0) is 24.6 Å². The predicted molar refractivity (Wildman–Crippen MR) is 75.8 cm³/mol. The van der Waals surface area contributed by atoms with E-state index in [9.17, 15) is 9.90 Å². The van der Waals surface area contributed by atoms with Crippen LogP contribution < -0.4 is 0 Å². The van der Waals surface area contributed by atoms with Crippen molar-refractivity contribution in [3.05, 3.63) is 28.2 Å². The van der Waals surface area contributed by atoms with Crippen molar-refractivity contribution in [2.75, 3.05) is 13.6 Å². The van der Waals surface area contributed by atoms with E-state index >= 15 is 0 Å². The molecule has 1 unspecified atom stereocenters. The number of phenolic OH excluding ortho intramolecular Hbond substituents is 1. The summed E-state index contributed by atoms with van der Waals surface area (Å²) in [5, 5.41) is 9.70. The summed E-state index contributed by atoms with van der Waals surface area (Å²) >= 11 is 6.68. The number of hydrogen-bond acceptors (Lipinski definition) is 2. The highest BCUT2D eigenvalue weighted by molar-refractivity contribution is 9.10. The zero-order valence-electron chi connectivity index (χ0n) is 9.78. The standard InChI is InChI=1S/C12H15Br2NO2/c1-8(13)5-6-15(2)12(17)10-4-3-9(14)7-11(10)16/h3-4,7-8,16H,5-6H2,1-2H3. The molecule has 0 saturated heterocycles. The fourth-order valence-electron chi connectivity index (χ4n) is 1.36. The predicted octanol–water partition coefficient (Wildman–Crippen LogP) is 3.40. The Morgan fingerprint density at radius 2 is 2.18 bits per heavy atom. The average molecular weight is 365 g/mol. The Morgan fingerprint density at radius 1 is 1.53 bits per heavy atom. The van der Waals surface area contributed by atoms with E-state index in [-0.39, 0.29) is 11.7 Å². The molecule has 0 aliphatic rings. The van der Waals surface area contributed by atoms with Crippen molar-refractivity contribution in [2.45, 2.75) is 18.2 Å². The molecule has 0 fully saturated rings. The molecule has 1 rings (SSSR count). The molecule has 5 heteroatoms. The van der Waals surface area contributed by atoms with Crippen molar-refractivity contribution in [3.63, 3.8) is 0 Å². The number of carbonyl (C=O) groups is 1. The van der Waals surface area contributed by atoms with Crippen molar-refractivity contribution in [3.8, 4) is 5.75 Å². The van der Waals surface area contributed by atoms with Gasteiger partial charge >= 0.3 is 0 Å². The number of benzene rings is 1. The highest BCUT2D eigenvalue weighted by Crippen LogP contribution is 2.23. The second-order valence-electron chi connectivity index (χ2n) is 3.96. The van der Waals surface area contributed by atoms with Crippen LogP contribution in [0.15, 0.2) is 22.7 Å². The summed E-state index contributed by atoms with van der Waals surface area (Å²) in [7, 11) is 1.74. The molecule has 1 aromatic carbocycles. The molecule has 3 nitrogen and oxygen atoms in total. The van der Waals surface area contributed by atoms with Crippen LogP contribution in [0.3, 0.4) is 0 Å². The van der Waals surface area contributed by atoms with Crippen LogP contribution in [0.1, 0.15) is 23.7 Å². The van der Waals surface area contributed by atoms with Crippen molar-refractivity contribution in [2.24, 2.45) is 0 Å². The van der Waals surface area contributed by atoms with Crippen LogP contribution >= 0.6 is 31.9 Å². The second-order valence-corrected chi connectivity index (χ2v) is 6.44. The van der Waals surface area contributed by atoms with Gasteiger partial charge in [-0.2, -0.15) is 0 Å². The van der Waals surface area contributed by atoms with Crippen molar-refractivity contribution in [1.82, 2.24) is 4.90 Å². The van der Waals surface area contributed by atoms with E-state index in [2.05, 4.69) is 31.9 Å². The first-order chi connectivity index (χ1) is 7.91. The molecule has 0 aliphatic heterocycles. The molecule has 1 amide bonds. The van der Waals surface area contributed by atoms with E-state index in [1.165, 1.54) is 6.07 Å². The van der Waals surface area contributed by atoms with Crippen LogP contribution in [0.5, 0.6) is 5.75 Å². The summed E-state index contributed by atoms with van der Waals surface area (Å²) in [6.07, 6.45) is 0.875. The first-order valence-electron chi connectivity index (χ1n) is 5.30. The molecule has 1 aromatic rings. The number of rotatable bonds is 4. The van der Waals surface area contributed by atoms with Crippen LogP contribution in [0.2, 0.25) is 0 Å². The Kier molecular flexibility index (Phi) is 5.46. The number of alkyl halides is 1. The van der Waals surface area contributed by atoms with E-state index in [4.69, 9.17) is 0 Å². The lowest BCUT2D eigenvalue weighted by molar-refractivity contribution is 0.0791. The number of aromatic hydroxyl groups is 1. The monoisotopic (exact) mass is 363 g/mol. The fraction of sp³-hybridized carbons (Fsp3) is 0.417. The molecule has 0 heterocycles. The Labute approximate surface area is 118 Å². The van der Waals surface area contributed by atoms with Gasteiger partial charge in [0.2, 0.25) is 0 Å². The van der Waals surface area contributed by atoms with Crippen LogP contribution in [0.4, 0.5) is 0 Å². The van der Waals surface area contributed by atoms with Crippen LogP contribution in [0.25, 0.3) is 0 Å². The van der Waals surface area contributed by atoms with Crippen LogP contribution in [-0.2, 0) is 0 Å². The maximum absolute atomic E-state index is 12.0. The highest BCUT2D eigenvalue weighted by atomic mass is 79.9. The Morgan fingerprint density at radius 3 is 2.71 bits per heavy atom. The molecule has 0 aromatic heterocycles. The minimum Gasteiger partial charge on any atom is -0.507 e. The third-order valence-electron chi connectivity index (χ3n) is 2.40. The number of hydrogen-bond donors (Lipinski definition) is 1. The third kappa shape index (κ3) is 4.32. The van der Waals surface area contributed by atoms with Gasteiger partial charge < -0.3 is 10.0 Å². The summed E-state index contributed by atoms with van der Waals surface area (Å²) in [5.41, 5.74) is 0.331. The smallest absolute Gasteiger partial charge is 0.257 e. The van der Waals surface area contributed by atoms with E-state index in [1.807, 2.05) is 6.92 Å². The van der Waals surface area contributed by atoms with Gasteiger partial charge in [0.15, 0.2) is 0 Å². The first kappa shape index (κ1) is 14.5. The van der Waals surface area contributed by atoms with E-state index in [0.717, 1.165) is 10.9 Å². The molecule has 94 valence electrons. The molecule has 1 atom stereocenters. The maximum Gasteiger partial charge on any atom is 0.257 e. The number of nitrogens with zero attached hydrogens (tertiary/aromatic N) is 1. The quantitative estimate of drug-likeness (QED) is 0.832. The van der Waals surface area contributed by atoms with Gasteiger partial charge in [0, 0.05) is 22.9 Å². The second kappa shape index (κ2) is 6.40. The normalized spacial score (nSPS) is 12.2. The van der Waals surface area contributed by atoms with Crippen molar-refractivity contribution < 1.29 is 9.90 Å². The molecule has 0 saturated carbocycles. The van der Waals surface area contributed by atoms with Gasteiger partial charge in [-0.25, -0.2) is 0 Å². The van der Waals surface area contributed by atoms with Gasteiger partial charge in [-0.3, -0.25) is 4.79 Å². The lowest BCUT2D eigenvalue weighted by Crippen LogP contribution is -2.28. The summed E-state index contributed by atoms with van der Waals surface area (Å²) in [5.74, 6) is -0.161. The molecule has 0 spiro atoms. The highest BCUT2D eigenvalue weighted by Gasteiger charge is 2.15. The minimum atomic E-state index is -0.164. The Bertz CT molecular complexity index is 407. The molecule has 17 heavy (non-hydrogen) atoms. The number of halogens is 2. The number of phenols is 1. The van der Waals surface area contributed by atoms with E-state index in [0.29, 0.717) is 16.9 Å². The van der Waals surface area contributed by atoms with Gasteiger partial charge in [-0.1, -0.05) is 38.8 Å². The van der Waals surface area contributed by atoms with Gasteiger partial charge in [0.25, 0.3) is 5.91 Å². The molecule has 0 aliphatic carbocycles. The third-order valence-corrected chi connectivity index (χ3v) is 3.35. The van der Waals surface area contributed by atoms with Gasteiger partial charge in [-0.15, -0.1) is 0 Å². The summed E-state index contributed by atoms with van der Waals surface area (Å²) in [4.78, 5) is 14.0. The zero-order chi connectivity index (χ0) is 13.0. The molecular weight excluding hydrogens is 350 g/mol. The van der Waals surface area contributed by atoms with Crippen LogP contribution in [-0.4, -0.2) is 34.3 Å². The van der Waals surface area contributed by atoms with Crippen molar-refractivity contribution >= 4 is 37.8 Å². The lowest BCUT2D eigenvalue weighted by atomic mass is 10.1.